The maximum Gasteiger partial charge on any atom is 0 e. The van der Waals surface area contributed by atoms with E-state index in [0.29, 0.717) is 36.5 Å². The first-order valence-electron chi connectivity index (χ1n) is 14.5. The molecule has 2 unspecified atom stereocenters. The molecule has 235 valence electrons. The number of pyridine rings is 1. The van der Waals surface area contributed by atoms with Crippen LogP contribution in [0, 0.1) is 0 Å². The minimum absolute atomic E-state index is 0. The van der Waals surface area contributed by atoms with Gasteiger partial charge >= 0.3 is 45.3 Å². The Kier molecular flexibility index (Phi) is 15.0. The Morgan fingerprint density at radius 3 is 1.57 bits per heavy atom. The Labute approximate surface area is 258 Å². The van der Waals surface area contributed by atoms with E-state index in [-0.39, 0.29) is 67.2 Å². The second-order valence-corrected chi connectivity index (χ2v) is 12.6. The van der Waals surface area contributed by atoms with Crippen LogP contribution in [-0.4, -0.2) is 64.4 Å². The van der Waals surface area contributed by atoms with Gasteiger partial charge in [-0.25, -0.2) is 9.59 Å². The molecule has 0 spiro atoms. The SMILES string of the molecule is CCCCCc1c(C(=O)O)c2nc(c1C(=O)O)C[N-][C@@H]1CCCC[C@H]1[N-]CC[N-]C1CCCCC1[N-]C2.[Cl][Mn][Cl].[HH].[HH].[HH].[HH]. The number of carboxylic acids is 2. The van der Waals surface area contributed by atoms with E-state index in [2.05, 4.69) is 11.9 Å². The Hall–Kier alpha value is -0.971. The first-order chi connectivity index (χ1) is 19.4. The maximum atomic E-state index is 12.5. The van der Waals surface area contributed by atoms with Gasteiger partial charge < -0.3 is 31.5 Å². The van der Waals surface area contributed by atoms with Gasteiger partial charge in [0.05, 0.1) is 11.1 Å². The van der Waals surface area contributed by atoms with E-state index in [4.69, 9.17) is 41.5 Å². The van der Waals surface area contributed by atoms with Crippen molar-refractivity contribution < 1.29 is 38.6 Å². The monoisotopic (exact) mass is 644 g/mol. The summed E-state index contributed by atoms with van der Waals surface area (Å²) in [5.74, 6) is -2.27. The van der Waals surface area contributed by atoms with E-state index in [1.54, 1.807) is 0 Å². The molecular weight excluding hydrogens is 596 g/mol. The second-order valence-electron chi connectivity index (χ2n) is 10.7. The summed E-state index contributed by atoms with van der Waals surface area (Å²) in [7, 11) is 9.59. The van der Waals surface area contributed by atoms with Gasteiger partial charge in [0.2, 0.25) is 0 Å². The fourth-order valence-corrected chi connectivity index (χ4v) is 6.17. The zero-order valence-electron chi connectivity index (χ0n) is 23.2. The van der Waals surface area contributed by atoms with Crippen molar-refractivity contribution >= 4 is 32.1 Å². The minimum Gasteiger partial charge on any atom is 0 e. The quantitative estimate of drug-likeness (QED) is 0.235. The van der Waals surface area contributed by atoms with Gasteiger partial charge in [0, 0.05) is 17.1 Å². The van der Waals surface area contributed by atoms with Crippen LogP contribution in [0.15, 0.2) is 0 Å². The number of rotatable bonds is 6. The molecule has 2 bridgehead atoms. The minimum atomic E-state index is -1.14. The number of hydrogen-bond acceptors (Lipinski definition) is 3. The van der Waals surface area contributed by atoms with Crippen molar-refractivity contribution in [3.05, 3.63) is 49.3 Å². The predicted molar refractivity (Wildman–Crippen MR) is 164 cm³/mol. The van der Waals surface area contributed by atoms with Gasteiger partial charge in [-0.05, 0) is 18.4 Å². The van der Waals surface area contributed by atoms with Crippen molar-refractivity contribution in [3.8, 4) is 0 Å². The zero-order chi connectivity index (χ0) is 28.9. The molecule has 0 amide bonds. The summed E-state index contributed by atoms with van der Waals surface area (Å²) >= 11 is 0.00694. The summed E-state index contributed by atoms with van der Waals surface area (Å²) in [5.41, 5.74) is 1.12. The van der Waals surface area contributed by atoms with Gasteiger partial charge in [-0.1, -0.05) is 71.1 Å². The molecule has 0 saturated heterocycles. The fraction of sp³-hybridized carbons (Fsp3) is 0.750. The molecule has 12 heteroatoms. The van der Waals surface area contributed by atoms with E-state index < -0.39 is 11.9 Å². The van der Waals surface area contributed by atoms with Crippen LogP contribution in [0.1, 0.15) is 121 Å². The van der Waals surface area contributed by atoms with Crippen LogP contribution in [0.5, 0.6) is 0 Å². The summed E-state index contributed by atoms with van der Waals surface area (Å²) in [6.45, 7) is 3.74. The number of carboxylic acid groups (broad SMARTS) is 2. The summed E-state index contributed by atoms with van der Waals surface area (Å²) in [6.07, 6.45) is 11.2. The molecule has 4 atom stereocenters. The average molecular weight is 646 g/mol. The van der Waals surface area contributed by atoms with E-state index in [1.165, 1.54) is 0 Å². The molecule has 2 aliphatic carbocycles. The largest absolute Gasteiger partial charge is 0 e. The Bertz CT molecular complexity index is 926. The van der Waals surface area contributed by atoms with E-state index in [0.717, 1.165) is 70.6 Å². The molecular formula is C28H49Cl2MnN5O4-4. The van der Waals surface area contributed by atoms with Crippen LogP contribution in [0.2, 0.25) is 0 Å². The first kappa shape index (κ1) is 33.5. The topological polar surface area (TPSA) is 144 Å². The average Bonchev–Trinajstić information content (AvgIpc) is 2.94. The summed E-state index contributed by atoms with van der Waals surface area (Å²) in [5, 5.41) is 40.2. The number of nitrogens with zero attached hydrogens (tertiary/aromatic N) is 5. The Morgan fingerprint density at radius 1 is 0.800 bits per heavy atom. The number of aromatic nitrogens is 1. The third-order valence-electron chi connectivity index (χ3n) is 8.07. The first-order valence-corrected chi connectivity index (χ1v) is 17.7. The van der Waals surface area contributed by atoms with Crippen LogP contribution < -0.4 is 0 Å². The Balaban J connectivity index is 0. The number of halogens is 2. The third kappa shape index (κ3) is 9.53. The molecule has 0 aromatic carbocycles. The molecule has 1 aromatic heterocycles. The molecule has 40 heavy (non-hydrogen) atoms. The normalized spacial score (nSPS) is 25.7. The van der Waals surface area contributed by atoms with Gasteiger partial charge in [-0.15, -0.1) is 13.1 Å². The van der Waals surface area contributed by atoms with Crippen LogP contribution in [0.25, 0.3) is 21.3 Å². The van der Waals surface area contributed by atoms with Crippen LogP contribution in [0.4, 0.5) is 0 Å². The third-order valence-corrected chi connectivity index (χ3v) is 8.07. The summed E-state index contributed by atoms with van der Waals surface area (Å²) in [4.78, 5) is 29.7. The molecule has 2 heterocycles. The van der Waals surface area contributed by atoms with E-state index in [1.807, 2.05) is 0 Å². The smallest absolute Gasteiger partial charge is 0 e. The van der Waals surface area contributed by atoms with Crippen molar-refractivity contribution in [1.82, 2.24) is 4.98 Å². The van der Waals surface area contributed by atoms with Crippen LogP contribution in [0.3, 0.4) is 0 Å². The van der Waals surface area contributed by atoms with Gasteiger partial charge in [0.1, 0.15) is 0 Å². The molecule has 2 N–H and O–H groups in total. The van der Waals surface area contributed by atoms with Gasteiger partial charge in [-0.3, -0.25) is 4.98 Å². The zero-order valence-corrected chi connectivity index (χ0v) is 25.9. The van der Waals surface area contributed by atoms with Crippen molar-refractivity contribution in [2.24, 2.45) is 0 Å². The van der Waals surface area contributed by atoms with E-state index in [9.17, 15) is 19.8 Å². The van der Waals surface area contributed by atoms with Crippen LogP contribution in [-0.2, 0) is 32.6 Å². The van der Waals surface area contributed by atoms with Crippen molar-refractivity contribution in [1.29, 1.82) is 0 Å². The molecule has 2 fully saturated rings. The van der Waals surface area contributed by atoms with Crippen molar-refractivity contribution in [3.63, 3.8) is 0 Å². The van der Waals surface area contributed by atoms with Gasteiger partial charge in [0.25, 0.3) is 0 Å². The van der Waals surface area contributed by atoms with E-state index >= 15 is 0 Å². The standard InChI is InChI=1S/C28H41N5O4.2ClH.Mn.4H2/c1-2-3-4-9-18-25(27(34)35)23-16-31-21-12-7-5-10-19(21)29-14-15-30-20-11-6-8-13-22(20)32-17-24(33-23)26(18)28(36)37;;;;;;;/h19-22H,2-17H2,1H3,(H,34,35)(H,36,37);2*1H;;4*1H/q-4;;;+2;;;;/p-2/t19-,20?,21-,22?;;;;;;;/m1......./s1. The number of hydrogen-bond donors (Lipinski definition) is 2. The van der Waals surface area contributed by atoms with Crippen molar-refractivity contribution in [2.75, 3.05) is 13.1 Å². The molecule has 4 rings (SSSR count). The number of carbonyl (C=O) groups is 2. The van der Waals surface area contributed by atoms with Crippen molar-refractivity contribution in [2.45, 2.75) is 121 Å². The molecule has 3 aliphatic rings. The molecule has 2 saturated carbocycles. The second kappa shape index (κ2) is 17.9. The van der Waals surface area contributed by atoms with Gasteiger partial charge in [0.15, 0.2) is 0 Å². The summed E-state index contributed by atoms with van der Waals surface area (Å²) < 4.78 is 0. The molecule has 9 nitrogen and oxygen atoms in total. The van der Waals surface area contributed by atoms with Gasteiger partial charge in [-0.2, -0.15) is 37.3 Å². The number of fused-ring (bicyclic) bond motifs is 4. The summed E-state index contributed by atoms with van der Waals surface area (Å²) in [6, 6.07) is 0.299. The number of unbranched alkanes of at least 4 members (excludes halogenated alkanes) is 2. The van der Waals surface area contributed by atoms with Crippen LogP contribution >= 0.6 is 20.2 Å². The molecule has 0 radical (unpaired) electrons. The number of aromatic carboxylic acids is 2. The molecule has 1 aliphatic heterocycles. The molecule has 1 aromatic rings. The Morgan fingerprint density at radius 2 is 1.20 bits per heavy atom. The fourth-order valence-electron chi connectivity index (χ4n) is 6.17. The predicted octanol–water partition coefficient (Wildman–Crippen LogP) is 8.70. The maximum absolute atomic E-state index is 12.5.